The van der Waals surface area contributed by atoms with Gasteiger partial charge in [0, 0.05) is 31.3 Å². The molecule has 0 bridgehead atoms. The molecule has 4 rings (SSSR count). The molecule has 0 radical (unpaired) electrons. The highest BCUT2D eigenvalue weighted by atomic mass is 15.2. The highest BCUT2D eigenvalue weighted by Gasteiger charge is 2.15. The van der Waals surface area contributed by atoms with Gasteiger partial charge in [0.25, 0.3) is 0 Å². The first kappa shape index (κ1) is 16.6. The number of aromatic nitrogens is 2. The Balaban J connectivity index is 1.63. The predicted octanol–water partition coefficient (Wildman–Crippen LogP) is 4.75. The Morgan fingerprint density at radius 3 is 2.23 bits per heavy atom. The van der Waals surface area contributed by atoms with Crippen molar-refractivity contribution >= 4 is 11.8 Å². The van der Waals surface area contributed by atoms with E-state index in [-0.39, 0.29) is 0 Å². The summed E-state index contributed by atoms with van der Waals surface area (Å²) in [5, 5.41) is 3.40. The first-order valence-corrected chi connectivity index (χ1v) is 9.36. The maximum atomic E-state index is 4.80. The van der Waals surface area contributed by atoms with Crippen LogP contribution in [0, 0.1) is 0 Å². The van der Waals surface area contributed by atoms with Gasteiger partial charge in [0.1, 0.15) is 5.82 Å². The molecular formula is C22H24N4. The molecule has 1 aromatic heterocycles. The summed E-state index contributed by atoms with van der Waals surface area (Å²) in [5.74, 6) is 1.71. The third kappa shape index (κ3) is 4.02. The standard InChI is InChI=1S/C22H24N4/c1-4-10-18(11-5-1)17-23-22-24-20(19-12-6-2-7-13-19)16-21(25-22)26-14-8-3-9-15-26/h1-2,4-7,10-13,16H,3,8-9,14-15,17H2,(H,23,24,25). The lowest BCUT2D eigenvalue weighted by Crippen LogP contribution is -2.30. The van der Waals surface area contributed by atoms with Gasteiger partial charge in [0.2, 0.25) is 5.95 Å². The SMILES string of the molecule is c1ccc(CNc2nc(-c3ccccc3)cc(N3CCCCC3)n2)cc1. The molecule has 2 heterocycles. The van der Waals surface area contributed by atoms with E-state index in [1.807, 2.05) is 12.1 Å². The number of nitrogens with one attached hydrogen (secondary N) is 1. The molecule has 1 aliphatic rings. The molecule has 0 atom stereocenters. The lowest BCUT2D eigenvalue weighted by molar-refractivity contribution is 0.573. The second-order valence-corrected chi connectivity index (χ2v) is 6.69. The Morgan fingerprint density at radius 2 is 1.50 bits per heavy atom. The summed E-state index contributed by atoms with van der Waals surface area (Å²) in [6, 6.07) is 22.8. The van der Waals surface area contributed by atoms with Crippen molar-refractivity contribution in [2.45, 2.75) is 25.8 Å². The highest BCUT2D eigenvalue weighted by Crippen LogP contribution is 2.25. The van der Waals surface area contributed by atoms with Crippen LogP contribution in [0.2, 0.25) is 0 Å². The second kappa shape index (κ2) is 8.00. The van der Waals surface area contributed by atoms with Crippen LogP contribution >= 0.6 is 0 Å². The van der Waals surface area contributed by atoms with Crippen LogP contribution in [0.25, 0.3) is 11.3 Å². The van der Waals surface area contributed by atoms with Crippen molar-refractivity contribution in [1.29, 1.82) is 0 Å². The van der Waals surface area contributed by atoms with Crippen molar-refractivity contribution in [3.05, 3.63) is 72.3 Å². The first-order chi connectivity index (χ1) is 12.9. The molecule has 4 nitrogen and oxygen atoms in total. The third-order valence-electron chi connectivity index (χ3n) is 4.76. The number of anilines is 2. The number of hydrogen-bond donors (Lipinski definition) is 1. The van der Waals surface area contributed by atoms with Gasteiger partial charge in [-0.1, -0.05) is 60.7 Å². The fraction of sp³-hybridized carbons (Fsp3) is 0.273. The van der Waals surface area contributed by atoms with Gasteiger partial charge in [0.05, 0.1) is 5.69 Å². The fourth-order valence-electron chi connectivity index (χ4n) is 3.33. The van der Waals surface area contributed by atoms with Crippen LogP contribution in [0.5, 0.6) is 0 Å². The highest BCUT2D eigenvalue weighted by molar-refractivity contribution is 5.64. The third-order valence-corrected chi connectivity index (χ3v) is 4.76. The Labute approximate surface area is 154 Å². The fourth-order valence-corrected chi connectivity index (χ4v) is 3.33. The summed E-state index contributed by atoms with van der Waals surface area (Å²) < 4.78 is 0. The van der Waals surface area contributed by atoms with Crippen molar-refractivity contribution in [1.82, 2.24) is 9.97 Å². The second-order valence-electron chi connectivity index (χ2n) is 6.69. The summed E-state index contributed by atoms with van der Waals surface area (Å²) in [5.41, 5.74) is 3.31. The summed E-state index contributed by atoms with van der Waals surface area (Å²) >= 11 is 0. The van der Waals surface area contributed by atoms with Crippen molar-refractivity contribution in [3.8, 4) is 11.3 Å². The molecular weight excluding hydrogens is 320 g/mol. The monoisotopic (exact) mass is 344 g/mol. The first-order valence-electron chi connectivity index (χ1n) is 9.36. The molecule has 0 saturated carbocycles. The van der Waals surface area contributed by atoms with Gasteiger partial charge in [-0.05, 0) is 24.8 Å². The van der Waals surface area contributed by atoms with Gasteiger partial charge >= 0.3 is 0 Å². The largest absolute Gasteiger partial charge is 0.356 e. The van der Waals surface area contributed by atoms with Gasteiger partial charge < -0.3 is 10.2 Å². The van der Waals surface area contributed by atoms with E-state index in [1.54, 1.807) is 0 Å². The van der Waals surface area contributed by atoms with E-state index in [9.17, 15) is 0 Å². The minimum atomic E-state index is 0.691. The molecule has 1 N–H and O–H groups in total. The van der Waals surface area contributed by atoms with Crippen molar-refractivity contribution in [2.75, 3.05) is 23.3 Å². The molecule has 4 heteroatoms. The predicted molar refractivity (Wildman–Crippen MR) is 107 cm³/mol. The Morgan fingerprint density at radius 1 is 0.808 bits per heavy atom. The van der Waals surface area contributed by atoms with E-state index in [0.717, 1.165) is 36.7 Å². The number of hydrogen-bond acceptors (Lipinski definition) is 4. The van der Waals surface area contributed by atoms with E-state index in [0.29, 0.717) is 5.95 Å². The molecule has 0 unspecified atom stereocenters. The Hall–Kier alpha value is -2.88. The quantitative estimate of drug-likeness (QED) is 0.725. The minimum absolute atomic E-state index is 0.691. The van der Waals surface area contributed by atoms with Crippen LogP contribution in [-0.2, 0) is 6.54 Å². The number of nitrogens with zero attached hydrogens (tertiary/aromatic N) is 3. The summed E-state index contributed by atoms with van der Waals surface area (Å²) in [4.78, 5) is 11.9. The van der Waals surface area contributed by atoms with Gasteiger partial charge in [-0.2, -0.15) is 4.98 Å². The molecule has 1 fully saturated rings. The van der Waals surface area contributed by atoms with Crippen LogP contribution in [0.1, 0.15) is 24.8 Å². The average Bonchev–Trinajstić information content (AvgIpc) is 2.74. The van der Waals surface area contributed by atoms with E-state index < -0.39 is 0 Å². The van der Waals surface area contributed by atoms with Crippen LogP contribution in [0.3, 0.4) is 0 Å². The van der Waals surface area contributed by atoms with Gasteiger partial charge in [-0.25, -0.2) is 4.98 Å². The van der Waals surface area contributed by atoms with Gasteiger partial charge in [-0.15, -0.1) is 0 Å². The molecule has 26 heavy (non-hydrogen) atoms. The van der Waals surface area contributed by atoms with Crippen LogP contribution in [0.15, 0.2) is 66.7 Å². The zero-order valence-electron chi connectivity index (χ0n) is 14.9. The molecule has 3 aromatic rings. The van der Waals surface area contributed by atoms with Crippen molar-refractivity contribution in [2.24, 2.45) is 0 Å². The lowest BCUT2D eigenvalue weighted by Gasteiger charge is -2.28. The normalized spacial score (nSPS) is 14.2. The van der Waals surface area contributed by atoms with Crippen LogP contribution in [0.4, 0.5) is 11.8 Å². The summed E-state index contributed by atoms with van der Waals surface area (Å²) in [6.45, 7) is 2.87. The zero-order chi connectivity index (χ0) is 17.6. The Kier molecular flexibility index (Phi) is 5.10. The number of rotatable bonds is 5. The Bertz CT molecular complexity index is 827. The van der Waals surface area contributed by atoms with E-state index >= 15 is 0 Å². The van der Waals surface area contributed by atoms with Crippen LogP contribution in [-0.4, -0.2) is 23.1 Å². The lowest BCUT2D eigenvalue weighted by atomic mass is 10.1. The molecule has 1 saturated heterocycles. The van der Waals surface area contributed by atoms with E-state index in [1.165, 1.54) is 24.8 Å². The minimum Gasteiger partial charge on any atom is -0.356 e. The zero-order valence-corrected chi connectivity index (χ0v) is 14.9. The van der Waals surface area contributed by atoms with E-state index in [2.05, 4.69) is 64.8 Å². The number of piperidine rings is 1. The average molecular weight is 344 g/mol. The van der Waals surface area contributed by atoms with Gasteiger partial charge in [0.15, 0.2) is 0 Å². The molecule has 0 amide bonds. The smallest absolute Gasteiger partial charge is 0.225 e. The van der Waals surface area contributed by atoms with E-state index in [4.69, 9.17) is 9.97 Å². The van der Waals surface area contributed by atoms with Crippen molar-refractivity contribution < 1.29 is 0 Å². The molecule has 0 spiro atoms. The molecule has 0 aliphatic carbocycles. The topological polar surface area (TPSA) is 41.1 Å². The maximum absolute atomic E-state index is 4.80. The molecule has 1 aliphatic heterocycles. The molecule has 2 aromatic carbocycles. The molecule has 132 valence electrons. The summed E-state index contributed by atoms with van der Waals surface area (Å²) in [7, 11) is 0. The van der Waals surface area contributed by atoms with Crippen molar-refractivity contribution in [3.63, 3.8) is 0 Å². The van der Waals surface area contributed by atoms with Crippen LogP contribution < -0.4 is 10.2 Å². The number of benzene rings is 2. The van der Waals surface area contributed by atoms with Gasteiger partial charge in [-0.3, -0.25) is 0 Å². The summed E-state index contributed by atoms with van der Waals surface area (Å²) in [6.07, 6.45) is 3.78. The maximum Gasteiger partial charge on any atom is 0.225 e.